The molecule has 0 bridgehead atoms. The maximum absolute atomic E-state index is 13.4. The van der Waals surface area contributed by atoms with E-state index in [9.17, 15) is 19.1 Å². The van der Waals surface area contributed by atoms with Gasteiger partial charge in [0.25, 0.3) is 0 Å². The number of halogens is 1. The topological polar surface area (TPSA) is 74.6 Å². The molecule has 0 aliphatic rings. The molecule has 2 N–H and O–H groups in total. The number of rotatable bonds is 6. The molecule has 0 heterocycles. The van der Waals surface area contributed by atoms with Crippen LogP contribution in [-0.4, -0.2) is 21.8 Å². The summed E-state index contributed by atoms with van der Waals surface area (Å²) in [6, 6.07) is 9.71. The number of hydrogen-bond acceptors (Lipinski definition) is 4. The van der Waals surface area contributed by atoms with Gasteiger partial charge in [-0.3, -0.25) is 9.59 Å². The molecule has 0 aliphatic heterocycles. The van der Waals surface area contributed by atoms with Crippen LogP contribution >= 0.6 is 0 Å². The van der Waals surface area contributed by atoms with E-state index < -0.39 is 17.4 Å². The first kappa shape index (κ1) is 17.1. The standard InChI is InChI=1S/C19H15FO4/c20-19-10-9-16(22)11-14(19)4-8-18(24)12-17(23)7-3-13-1-5-15(21)6-2-13/h1-11,21-22H,12H2. The second kappa shape index (κ2) is 7.87. The minimum Gasteiger partial charge on any atom is -0.508 e. The van der Waals surface area contributed by atoms with Gasteiger partial charge in [-0.05, 0) is 54.1 Å². The van der Waals surface area contributed by atoms with E-state index in [-0.39, 0.29) is 23.5 Å². The van der Waals surface area contributed by atoms with Crippen molar-refractivity contribution in [3.63, 3.8) is 0 Å². The predicted molar refractivity (Wildman–Crippen MR) is 88.9 cm³/mol. The second-order valence-electron chi connectivity index (χ2n) is 5.07. The van der Waals surface area contributed by atoms with Crippen molar-refractivity contribution in [3.8, 4) is 11.5 Å². The summed E-state index contributed by atoms with van der Waals surface area (Å²) in [5.74, 6) is -1.43. The molecule has 5 heteroatoms. The van der Waals surface area contributed by atoms with E-state index in [1.807, 2.05) is 0 Å². The number of allylic oxidation sites excluding steroid dienone is 2. The molecule has 24 heavy (non-hydrogen) atoms. The lowest BCUT2D eigenvalue weighted by molar-refractivity contribution is -0.121. The number of hydrogen-bond donors (Lipinski definition) is 2. The van der Waals surface area contributed by atoms with Crippen LogP contribution in [0, 0.1) is 5.82 Å². The number of carbonyl (C=O) groups excluding carboxylic acids is 2. The molecule has 0 radical (unpaired) electrons. The first-order valence-corrected chi connectivity index (χ1v) is 7.13. The highest BCUT2D eigenvalue weighted by Crippen LogP contribution is 2.16. The molecule has 0 atom stereocenters. The highest BCUT2D eigenvalue weighted by Gasteiger charge is 2.05. The van der Waals surface area contributed by atoms with Crippen LogP contribution in [-0.2, 0) is 9.59 Å². The Balaban J connectivity index is 1.94. The molecule has 0 saturated heterocycles. The fraction of sp³-hybridized carbons (Fsp3) is 0.0526. The first-order chi connectivity index (χ1) is 11.4. The molecular formula is C19H15FO4. The quantitative estimate of drug-likeness (QED) is 0.629. The van der Waals surface area contributed by atoms with E-state index in [2.05, 4.69) is 0 Å². The largest absolute Gasteiger partial charge is 0.508 e. The number of ketones is 2. The Morgan fingerprint density at radius 2 is 1.46 bits per heavy atom. The summed E-state index contributed by atoms with van der Waals surface area (Å²) in [7, 11) is 0. The first-order valence-electron chi connectivity index (χ1n) is 7.13. The SMILES string of the molecule is O=C(C=Cc1ccc(O)cc1)CC(=O)C=Cc1cc(O)ccc1F. The van der Waals surface area contributed by atoms with Gasteiger partial charge in [0.1, 0.15) is 17.3 Å². The smallest absolute Gasteiger partial charge is 0.163 e. The zero-order valence-electron chi connectivity index (χ0n) is 12.6. The van der Waals surface area contributed by atoms with Crippen LogP contribution in [0.1, 0.15) is 17.5 Å². The molecule has 2 aromatic rings. The van der Waals surface area contributed by atoms with E-state index in [1.165, 1.54) is 42.5 Å². The highest BCUT2D eigenvalue weighted by molar-refractivity contribution is 6.10. The maximum Gasteiger partial charge on any atom is 0.163 e. The van der Waals surface area contributed by atoms with E-state index in [0.29, 0.717) is 5.56 Å². The van der Waals surface area contributed by atoms with Gasteiger partial charge in [0.05, 0.1) is 6.42 Å². The maximum atomic E-state index is 13.4. The van der Waals surface area contributed by atoms with Crippen LogP contribution in [0.2, 0.25) is 0 Å². The fourth-order valence-electron chi connectivity index (χ4n) is 1.91. The van der Waals surface area contributed by atoms with Crippen molar-refractivity contribution in [3.05, 3.63) is 71.6 Å². The Labute approximate surface area is 138 Å². The Kier molecular flexibility index (Phi) is 5.63. The van der Waals surface area contributed by atoms with Crippen molar-refractivity contribution in [2.45, 2.75) is 6.42 Å². The molecule has 0 spiro atoms. The van der Waals surface area contributed by atoms with Gasteiger partial charge in [0.2, 0.25) is 0 Å². The zero-order chi connectivity index (χ0) is 17.5. The van der Waals surface area contributed by atoms with E-state index >= 15 is 0 Å². The second-order valence-corrected chi connectivity index (χ2v) is 5.07. The van der Waals surface area contributed by atoms with Gasteiger partial charge in [-0.25, -0.2) is 4.39 Å². The number of phenolic OH excluding ortho intramolecular Hbond substituents is 2. The molecule has 2 rings (SSSR count). The molecular weight excluding hydrogens is 311 g/mol. The van der Waals surface area contributed by atoms with Crippen LogP contribution in [0.15, 0.2) is 54.6 Å². The monoisotopic (exact) mass is 326 g/mol. The van der Waals surface area contributed by atoms with Gasteiger partial charge in [0.15, 0.2) is 11.6 Å². The van der Waals surface area contributed by atoms with Gasteiger partial charge in [-0.1, -0.05) is 18.2 Å². The lowest BCUT2D eigenvalue weighted by Gasteiger charge is -1.98. The molecule has 0 fully saturated rings. The summed E-state index contributed by atoms with van der Waals surface area (Å²) in [5.41, 5.74) is 0.779. The van der Waals surface area contributed by atoms with Crippen LogP contribution in [0.25, 0.3) is 12.2 Å². The van der Waals surface area contributed by atoms with Gasteiger partial charge in [-0.2, -0.15) is 0 Å². The lowest BCUT2D eigenvalue weighted by atomic mass is 10.1. The van der Waals surface area contributed by atoms with Crippen molar-refractivity contribution in [2.75, 3.05) is 0 Å². The van der Waals surface area contributed by atoms with E-state index in [0.717, 1.165) is 12.1 Å². The van der Waals surface area contributed by atoms with Crippen molar-refractivity contribution < 1.29 is 24.2 Å². The van der Waals surface area contributed by atoms with Gasteiger partial charge in [-0.15, -0.1) is 0 Å². The average molecular weight is 326 g/mol. The Morgan fingerprint density at radius 3 is 2.12 bits per heavy atom. The number of phenols is 2. The number of aromatic hydroxyl groups is 2. The van der Waals surface area contributed by atoms with Crippen molar-refractivity contribution in [1.82, 2.24) is 0 Å². The third-order valence-corrected chi connectivity index (χ3v) is 3.13. The lowest BCUT2D eigenvalue weighted by Crippen LogP contribution is -2.02. The molecule has 4 nitrogen and oxygen atoms in total. The number of carbonyl (C=O) groups is 2. The highest BCUT2D eigenvalue weighted by atomic mass is 19.1. The van der Waals surface area contributed by atoms with E-state index in [1.54, 1.807) is 12.1 Å². The van der Waals surface area contributed by atoms with Crippen molar-refractivity contribution in [2.24, 2.45) is 0 Å². The summed E-state index contributed by atoms with van der Waals surface area (Å²) >= 11 is 0. The molecule has 0 unspecified atom stereocenters. The van der Waals surface area contributed by atoms with Crippen molar-refractivity contribution >= 4 is 23.7 Å². The van der Waals surface area contributed by atoms with Crippen LogP contribution in [0.3, 0.4) is 0 Å². The van der Waals surface area contributed by atoms with Crippen molar-refractivity contribution in [1.29, 1.82) is 0 Å². The molecule has 2 aromatic carbocycles. The van der Waals surface area contributed by atoms with Crippen LogP contribution in [0.5, 0.6) is 11.5 Å². The number of benzene rings is 2. The Bertz CT molecular complexity index is 805. The molecule has 122 valence electrons. The molecule has 0 amide bonds. The minimum absolute atomic E-state index is 0.0652. The Hall–Kier alpha value is -3.21. The third kappa shape index (κ3) is 5.21. The van der Waals surface area contributed by atoms with E-state index in [4.69, 9.17) is 5.11 Å². The summed E-state index contributed by atoms with van der Waals surface area (Å²) in [5, 5.41) is 18.4. The zero-order valence-corrected chi connectivity index (χ0v) is 12.6. The van der Waals surface area contributed by atoms with Gasteiger partial charge in [0, 0.05) is 5.56 Å². The minimum atomic E-state index is -0.574. The van der Waals surface area contributed by atoms with Gasteiger partial charge >= 0.3 is 0 Å². The fourth-order valence-corrected chi connectivity index (χ4v) is 1.91. The normalized spacial score (nSPS) is 11.2. The van der Waals surface area contributed by atoms with Gasteiger partial charge < -0.3 is 10.2 Å². The summed E-state index contributed by atoms with van der Waals surface area (Å²) in [6.45, 7) is 0. The predicted octanol–water partition coefficient (Wildman–Crippen LogP) is 3.49. The molecule has 0 saturated carbocycles. The third-order valence-electron chi connectivity index (χ3n) is 3.13. The molecule has 0 aliphatic carbocycles. The van der Waals surface area contributed by atoms with Crippen LogP contribution < -0.4 is 0 Å². The summed E-state index contributed by atoms with van der Waals surface area (Å²) < 4.78 is 13.4. The average Bonchev–Trinajstić information content (AvgIpc) is 2.55. The Morgan fingerprint density at radius 1 is 0.875 bits per heavy atom. The summed E-state index contributed by atoms with van der Waals surface area (Å²) in [6.07, 6.45) is 4.78. The van der Waals surface area contributed by atoms with Crippen LogP contribution in [0.4, 0.5) is 4.39 Å². The molecule has 0 aromatic heterocycles. The summed E-state index contributed by atoms with van der Waals surface area (Å²) in [4.78, 5) is 23.4.